The number of hydrogen-bond acceptors (Lipinski definition) is 3. The molecule has 3 rings (SSSR count). The summed E-state index contributed by atoms with van der Waals surface area (Å²) in [5.74, 6) is -6.14. The van der Waals surface area contributed by atoms with Gasteiger partial charge >= 0.3 is 18.2 Å². The summed E-state index contributed by atoms with van der Waals surface area (Å²) in [4.78, 5) is 0. The van der Waals surface area contributed by atoms with E-state index in [-0.39, 0.29) is 24.9 Å². The molecule has 1 heterocycles. The predicted molar refractivity (Wildman–Crippen MR) is 115 cm³/mol. The van der Waals surface area contributed by atoms with Crippen molar-refractivity contribution in [1.82, 2.24) is 0 Å². The smallest absolute Gasteiger partial charge is 0.400 e. The van der Waals surface area contributed by atoms with Crippen molar-refractivity contribution in [3.63, 3.8) is 0 Å². The number of ether oxygens (including phenoxy) is 3. The van der Waals surface area contributed by atoms with E-state index < -0.39 is 47.3 Å². The number of benzene rings is 1. The summed E-state index contributed by atoms with van der Waals surface area (Å²) in [6.07, 6.45) is 2.95. The van der Waals surface area contributed by atoms with E-state index in [0.29, 0.717) is 37.5 Å². The predicted octanol–water partition coefficient (Wildman–Crippen LogP) is 8.31. The van der Waals surface area contributed by atoms with Gasteiger partial charge in [0.15, 0.2) is 11.6 Å². The number of rotatable bonds is 9. The molecule has 1 aromatic rings. The van der Waals surface area contributed by atoms with Crippen LogP contribution in [-0.4, -0.2) is 18.8 Å². The van der Waals surface area contributed by atoms with E-state index in [2.05, 4.69) is 15.5 Å². The van der Waals surface area contributed by atoms with Gasteiger partial charge in [-0.15, -0.1) is 0 Å². The van der Waals surface area contributed by atoms with E-state index in [1.165, 1.54) is 0 Å². The van der Waals surface area contributed by atoms with Gasteiger partial charge in [-0.25, -0.2) is 8.78 Å². The standard InChI is InChI=1S/C25H29F7O3/c1-2-3-4-5-15-6-11-21(33-14-15)16-7-9-17(10-8-16)25(31,32)35-18-12-19(26)22(20(27)13-18)34-24(30)23(28)29/h2-3,12-13,15-17,21H,4-11,14H2,1H3. The molecule has 1 aliphatic carbocycles. The average molecular weight is 510 g/mol. The molecule has 0 aromatic heterocycles. The molecule has 2 unspecified atom stereocenters. The zero-order chi connectivity index (χ0) is 25.6. The molecule has 0 radical (unpaired) electrons. The number of halogens is 7. The third-order valence-electron chi connectivity index (χ3n) is 6.72. The summed E-state index contributed by atoms with van der Waals surface area (Å²) in [6, 6.07) is -1.82. The third kappa shape index (κ3) is 7.38. The van der Waals surface area contributed by atoms with Crippen LogP contribution in [0, 0.1) is 29.4 Å². The van der Waals surface area contributed by atoms with Gasteiger partial charge in [-0.05, 0) is 70.1 Å². The van der Waals surface area contributed by atoms with Crippen molar-refractivity contribution >= 4 is 0 Å². The molecule has 1 aliphatic heterocycles. The number of allylic oxidation sites excluding steroid dienone is 2. The first-order valence-electron chi connectivity index (χ1n) is 11.8. The Hall–Kier alpha value is -2.23. The van der Waals surface area contributed by atoms with Crippen molar-refractivity contribution in [2.45, 2.75) is 70.5 Å². The van der Waals surface area contributed by atoms with E-state index >= 15 is 0 Å². The molecule has 196 valence electrons. The van der Waals surface area contributed by atoms with Crippen molar-refractivity contribution in [3.8, 4) is 11.5 Å². The SMILES string of the molecule is CC=CCCC1CCC(C2CCC(C(F)(F)Oc3cc(F)c(OC(F)=C(F)F)c(F)c3)CC2)OC1. The summed E-state index contributed by atoms with van der Waals surface area (Å²) >= 11 is 0. The molecular weight excluding hydrogens is 481 g/mol. The summed E-state index contributed by atoms with van der Waals surface area (Å²) in [6.45, 7) is 2.66. The summed E-state index contributed by atoms with van der Waals surface area (Å²) in [7, 11) is 0. The van der Waals surface area contributed by atoms with Gasteiger partial charge in [0.1, 0.15) is 5.75 Å². The molecule has 0 bridgehead atoms. The quantitative estimate of drug-likeness (QED) is 0.190. The molecule has 2 fully saturated rings. The second kappa shape index (κ2) is 12.1. The molecule has 0 spiro atoms. The third-order valence-corrected chi connectivity index (χ3v) is 6.72. The minimum atomic E-state index is -3.71. The Morgan fingerprint density at radius 2 is 1.69 bits per heavy atom. The van der Waals surface area contributed by atoms with Crippen molar-refractivity contribution < 1.29 is 44.9 Å². The fourth-order valence-electron chi connectivity index (χ4n) is 4.81. The van der Waals surface area contributed by atoms with Gasteiger partial charge in [0.2, 0.25) is 5.75 Å². The molecule has 1 aromatic carbocycles. The van der Waals surface area contributed by atoms with Crippen LogP contribution in [0.2, 0.25) is 0 Å². The first-order valence-corrected chi connectivity index (χ1v) is 11.8. The van der Waals surface area contributed by atoms with Crippen LogP contribution in [0.5, 0.6) is 11.5 Å². The van der Waals surface area contributed by atoms with Crippen LogP contribution in [0.3, 0.4) is 0 Å². The minimum Gasteiger partial charge on any atom is -0.432 e. The molecule has 2 aliphatic rings. The molecule has 0 N–H and O–H groups in total. The zero-order valence-corrected chi connectivity index (χ0v) is 19.4. The Morgan fingerprint density at radius 3 is 2.23 bits per heavy atom. The fraction of sp³-hybridized carbons (Fsp3) is 0.600. The topological polar surface area (TPSA) is 27.7 Å². The Balaban J connectivity index is 1.52. The van der Waals surface area contributed by atoms with Crippen LogP contribution >= 0.6 is 0 Å². The van der Waals surface area contributed by atoms with Gasteiger partial charge in [0.25, 0.3) is 0 Å². The van der Waals surface area contributed by atoms with Gasteiger partial charge in [-0.1, -0.05) is 12.2 Å². The maximum Gasteiger partial charge on any atom is 0.400 e. The van der Waals surface area contributed by atoms with Gasteiger partial charge < -0.3 is 14.2 Å². The maximum atomic E-state index is 14.7. The fourth-order valence-corrected chi connectivity index (χ4v) is 4.81. The van der Waals surface area contributed by atoms with Crippen molar-refractivity contribution in [2.75, 3.05) is 6.61 Å². The average Bonchev–Trinajstić information content (AvgIpc) is 2.81. The maximum absolute atomic E-state index is 14.7. The largest absolute Gasteiger partial charge is 0.432 e. The lowest BCUT2D eigenvalue weighted by atomic mass is 9.76. The first-order chi connectivity index (χ1) is 16.6. The highest BCUT2D eigenvalue weighted by molar-refractivity contribution is 5.36. The second-order valence-corrected chi connectivity index (χ2v) is 9.09. The monoisotopic (exact) mass is 510 g/mol. The summed E-state index contributed by atoms with van der Waals surface area (Å²) in [5, 5.41) is 0. The van der Waals surface area contributed by atoms with Crippen LogP contribution in [0.4, 0.5) is 30.7 Å². The van der Waals surface area contributed by atoms with Gasteiger partial charge in [0, 0.05) is 18.7 Å². The number of alkyl halides is 2. The van der Waals surface area contributed by atoms with Crippen LogP contribution in [-0.2, 0) is 4.74 Å². The first kappa shape index (κ1) is 27.4. The summed E-state index contributed by atoms with van der Waals surface area (Å²) < 4.78 is 109. The van der Waals surface area contributed by atoms with Crippen LogP contribution < -0.4 is 9.47 Å². The summed E-state index contributed by atoms with van der Waals surface area (Å²) in [5.41, 5.74) is 0. The molecule has 0 amide bonds. The van der Waals surface area contributed by atoms with E-state index in [9.17, 15) is 30.7 Å². The van der Waals surface area contributed by atoms with Gasteiger partial charge in [-0.3, -0.25) is 0 Å². The highest BCUT2D eigenvalue weighted by Crippen LogP contribution is 2.43. The molecule has 3 nitrogen and oxygen atoms in total. The molecule has 2 atom stereocenters. The van der Waals surface area contributed by atoms with Gasteiger partial charge in [0.05, 0.1) is 12.0 Å². The molecule has 1 saturated carbocycles. The van der Waals surface area contributed by atoms with Crippen molar-refractivity contribution in [2.24, 2.45) is 17.8 Å². The Morgan fingerprint density at radius 1 is 1.03 bits per heavy atom. The Labute approximate surface area is 199 Å². The minimum absolute atomic E-state index is 0.0443. The van der Waals surface area contributed by atoms with E-state index in [1.54, 1.807) is 0 Å². The lowest BCUT2D eigenvalue weighted by Crippen LogP contribution is -2.40. The molecule has 10 heteroatoms. The Kier molecular flexibility index (Phi) is 9.49. The van der Waals surface area contributed by atoms with Crippen LogP contribution in [0.15, 0.2) is 36.4 Å². The van der Waals surface area contributed by atoms with Crippen molar-refractivity contribution in [3.05, 3.63) is 48.0 Å². The lowest BCUT2D eigenvalue weighted by Gasteiger charge is -2.39. The molecule has 35 heavy (non-hydrogen) atoms. The lowest BCUT2D eigenvalue weighted by molar-refractivity contribution is -0.225. The molecule has 1 saturated heterocycles. The Bertz CT molecular complexity index is 875. The van der Waals surface area contributed by atoms with Crippen LogP contribution in [0.1, 0.15) is 58.3 Å². The second-order valence-electron chi connectivity index (χ2n) is 9.09. The van der Waals surface area contributed by atoms with E-state index in [0.717, 1.165) is 25.7 Å². The normalized spacial score (nSPS) is 25.5. The number of hydrogen-bond donors (Lipinski definition) is 0. The highest BCUT2D eigenvalue weighted by Gasteiger charge is 2.45. The highest BCUT2D eigenvalue weighted by atomic mass is 19.3. The van der Waals surface area contributed by atoms with E-state index in [4.69, 9.17) is 4.74 Å². The van der Waals surface area contributed by atoms with Crippen LogP contribution in [0.25, 0.3) is 0 Å². The van der Waals surface area contributed by atoms with Gasteiger partial charge in [-0.2, -0.15) is 22.0 Å². The van der Waals surface area contributed by atoms with Crippen molar-refractivity contribution in [1.29, 1.82) is 0 Å². The zero-order valence-electron chi connectivity index (χ0n) is 19.4. The molecular formula is C25H29F7O3. The van der Waals surface area contributed by atoms with E-state index in [1.807, 2.05) is 13.0 Å².